The molecule has 0 unspecified atom stereocenters. The van der Waals surface area contributed by atoms with Crippen molar-refractivity contribution in [2.24, 2.45) is 11.8 Å². The Balaban J connectivity index is 2.40. The van der Waals surface area contributed by atoms with E-state index in [1.807, 2.05) is 16.8 Å². The van der Waals surface area contributed by atoms with Crippen molar-refractivity contribution < 1.29 is 9.59 Å². The van der Waals surface area contributed by atoms with E-state index >= 15 is 0 Å². The topological polar surface area (TPSA) is 43.9 Å². The second-order valence-electron chi connectivity index (χ2n) is 6.38. The van der Waals surface area contributed by atoms with E-state index in [9.17, 15) is 9.59 Å². The molecule has 5 heteroatoms. The van der Waals surface area contributed by atoms with Crippen molar-refractivity contribution in [1.82, 2.24) is 14.7 Å². The number of carbonyl (C=O) groups is 2. The summed E-state index contributed by atoms with van der Waals surface area (Å²) in [6.07, 6.45) is 2.61. The quantitative estimate of drug-likeness (QED) is 0.791. The number of piperidine rings is 1. The number of hydrogen-bond acceptors (Lipinski definition) is 2. The van der Waals surface area contributed by atoms with Gasteiger partial charge in [0.2, 0.25) is 5.91 Å². The zero-order chi connectivity index (χ0) is 15.3. The highest BCUT2D eigenvalue weighted by Gasteiger charge is 2.29. The maximum absolute atomic E-state index is 12.3. The average Bonchev–Trinajstić information content (AvgIpc) is 2.43. The van der Waals surface area contributed by atoms with Gasteiger partial charge < -0.3 is 14.7 Å². The van der Waals surface area contributed by atoms with Gasteiger partial charge in [-0.3, -0.25) is 4.79 Å². The van der Waals surface area contributed by atoms with Gasteiger partial charge in [0.1, 0.15) is 0 Å². The van der Waals surface area contributed by atoms with Crippen molar-refractivity contribution in [3.05, 3.63) is 0 Å². The molecule has 3 amide bonds. The smallest absolute Gasteiger partial charge is 0.319 e. The van der Waals surface area contributed by atoms with Crippen LogP contribution in [0, 0.1) is 11.8 Å². The molecular formula is C15H29N3O2. The van der Waals surface area contributed by atoms with Crippen LogP contribution in [-0.2, 0) is 4.79 Å². The molecule has 0 aromatic rings. The van der Waals surface area contributed by atoms with E-state index in [0.29, 0.717) is 19.0 Å². The first kappa shape index (κ1) is 16.8. The van der Waals surface area contributed by atoms with Gasteiger partial charge in [-0.15, -0.1) is 0 Å². The largest absolute Gasteiger partial charge is 0.346 e. The summed E-state index contributed by atoms with van der Waals surface area (Å²) in [5, 5.41) is 0. The fourth-order valence-corrected chi connectivity index (χ4v) is 2.47. The molecule has 1 saturated heterocycles. The lowest BCUT2D eigenvalue weighted by Crippen LogP contribution is -2.46. The Morgan fingerprint density at radius 3 is 2.15 bits per heavy atom. The molecule has 5 nitrogen and oxygen atoms in total. The number of likely N-dealkylation sites (tertiary alicyclic amines) is 1. The summed E-state index contributed by atoms with van der Waals surface area (Å²) in [5.74, 6) is 0.936. The predicted octanol–water partition coefficient (Wildman–Crippen LogP) is 1.88. The third kappa shape index (κ3) is 4.69. The minimum absolute atomic E-state index is 0.0454. The van der Waals surface area contributed by atoms with Gasteiger partial charge in [-0.25, -0.2) is 4.79 Å². The monoisotopic (exact) mass is 283 g/mol. The fourth-order valence-electron chi connectivity index (χ4n) is 2.47. The summed E-state index contributed by atoms with van der Waals surface area (Å²) < 4.78 is 0. The van der Waals surface area contributed by atoms with E-state index in [1.165, 1.54) is 0 Å². The van der Waals surface area contributed by atoms with Gasteiger partial charge in [0.15, 0.2) is 0 Å². The van der Waals surface area contributed by atoms with Gasteiger partial charge in [-0.2, -0.15) is 0 Å². The van der Waals surface area contributed by atoms with Gasteiger partial charge in [0.25, 0.3) is 0 Å². The van der Waals surface area contributed by atoms with Crippen LogP contribution in [0.25, 0.3) is 0 Å². The summed E-state index contributed by atoms with van der Waals surface area (Å²) in [5.41, 5.74) is 0. The molecule has 0 spiro atoms. The Kier molecular flexibility index (Phi) is 6.30. The zero-order valence-electron chi connectivity index (χ0n) is 13.6. The SMILES string of the molecule is CC(C)CCN(C)C(=O)C1CCN(C(=O)N(C)C)CC1. The molecular weight excluding hydrogens is 254 g/mol. The first-order chi connectivity index (χ1) is 9.32. The van der Waals surface area contributed by atoms with Gasteiger partial charge in [0.05, 0.1) is 0 Å². The first-order valence-corrected chi connectivity index (χ1v) is 7.54. The molecule has 116 valence electrons. The molecule has 0 saturated carbocycles. The summed E-state index contributed by atoms with van der Waals surface area (Å²) in [7, 11) is 5.42. The van der Waals surface area contributed by atoms with Crippen LogP contribution in [0.15, 0.2) is 0 Å². The van der Waals surface area contributed by atoms with Crippen LogP contribution in [0.3, 0.4) is 0 Å². The maximum Gasteiger partial charge on any atom is 0.319 e. The lowest BCUT2D eigenvalue weighted by atomic mass is 9.95. The van der Waals surface area contributed by atoms with Crippen molar-refractivity contribution in [1.29, 1.82) is 0 Å². The van der Waals surface area contributed by atoms with E-state index in [0.717, 1.165) is 25.8 Å². The zero-order valence-corrected chi connectivity index (χ0v) is 13.6. The summed E-state index contributed by atoms with van der Waals surface area (Å²) >= 11 is 0. The number of rotatable bonds is 4. The van der Waals surface area contributed by atoms with E-state index < -0.39 is 0 Å². The van der Waals surface area contributed by atoms with Gasteiger partial charge >= 0.3 is 6.03 Å². The van der Waals surface area contributed by atoms with Crippen molar-refractivity contribution >= 4 is 11.9 Å². The van der Waals surface area contributed by atoms with Gasteiger partial charge in [0, 0.05) is 46.7 Å². The normalized spacial score (nSPS) is 16.4. The van der Waals surface area contributed by atoms with Gasteiger partial charge in [-0.05, 0) is 25.2 Å². The molecule has 1 aliphatic heterocycles. The number of urea groups is 1. The number of nitrogens with zero attached hydrogens (tertiary/aromatic N) is 3. The molecule has 1 heterocycles. The van der Waals surface area contributed by atoms with Crippen LogP contribution < -0.4 is 0 Å². The van der Waals surface area contributed by atoms with E-state index in [-0.39, 0.29) is 17.9 Å². The molecule has 1 aliphatic rings. The summed E-state index contributed by atoms with van der Waals surface area (Å²) in [6.45, 7) is 6.54. The number of hydrogen-bond donors (Lipinski definition) is 0. The molecule has 1 rings (SSSR count). The molecule has 0 aromatic carbocycles. The molecule has 0 atom stereocenters. The van der Waals surface area contributed by atoms with E-state index in [2.05, 4.69) is 13.8 Å². The molecule has 1 fully saturated rings. The molecule has 0 aliphatic carbocycles. The highest BCUT2D eigenvalue weighted by Crippen LogP contribution is 2.20. The minimum Gasteiger partial charge on any atom is -0.346 e. The lowest BCUT2D eigenvalue weighted by Gasteiger charge is -2.34. The third-order valence-electron chi connectivity index (χ3n) is 3.92. The Morgan fingerprint density at radius 1 is 1.15 bits per heavy atom. The van der Waals surface area contributed by atoms with Gasteiger partial charge in [-0.1, -0.05) is 13.8 Å². The summed E-state index contributed by atoms with van der Waals surface area (Å²) in [4.78, 5) is 29.5. The second kappa shape index (κ2) is 7.50. The first-order valence-electron chi connectivity index (χ1n) is 7.54. The van der Waals surface area contributed by atoms with Crippen molar-refractivity contribution in [2.45, 2.75) is 33.1 Å². The van der Waals surface area contributed by atoms with Crippen LogP contribution in [-0.4, -0.2) is 67.4 Å². The standard InChI is InChI=1S/C15H29N3O2/c1-12(2)6-9-17(5)14(19)13-7-10-18(11-8-13)15(20)16(3)4/h12-13H,6-11H2,1-5H3. The van der Waals surface area contributed by atoms with Crippen LogP contribution in [0.4, 0.5) is 4.79 Å². The molecule has 0 bridgehead atoms. The molecule has 0 N–H and O–H groups in total. The Hall–Kier alpha value is -1.26. The fraction of sp³-hybridized carbons (Fsp3) is 0.867. The minimum atomic E-state index is 0.0454. The Bertz CT molecular complexity index is 334. The second-order valence-corrected chi connectivity index (χ2v) is 6.38. The number of carbonyl (C=O) groups excluding carboxylic acids is 2. The highest BCUT2D eigenvalue weighted by molar-refractivity contribution is 5.79. The average molecular weight is 283 g/mol. The molecule has 0 radical (unpaired) electrons. The van der Waals surface area contributed by atoms with E-state index in [1.54, 1.807) is 19.0 Å². The Labute approximate surface area is 122 Å². The van der Waals surface area contributed by atoms with E-state index in [4.69, 9.17) is 0 Å². The van der Waals surface area contributed by atoms with Crippen LogP contribution in [0.1, 0.15) is 33.1 Å². The van der Waals surface area contributed by atoms with Crippen LogP contribution >= 0.6 is 0 Å². The molecule has 20 heavy (non-hydrogen) atoms. The Morgan fingerprint density at radius 2 is 1.70 bits per heavy atom. The van der Waals surface area contributed by atoms with Crippen molar-refractivity contribution in [2.75, 3.05) is 40.8 Å². The third-order valence-corrected chi connectivity index (χ3v) is 3.92. The highest BCUT2D eigenvalue weighted by atomic mass is 16.2. The lowest BCUT2D eigenvalue weighted by molar-refractivity contribution is -0.135. The van der Waals surface area contributed by atoms with Crippen LogP contribution in [0.5, 0.6) is 0 Å². The number of amides is 3. The van der Waals surface area contributed by atoms with Crippen LogP contribution in [0.2, 0.25) is 0 Å². The molecule has 0 aromatic heterocycles. The predicted molar refractivity (Wildman–Crippen MR) is 80.5 cm³/mol. The summed E-state index contributed by atoms with van der Waals surface area (Å²) in [6, 6.07) is 0.0454. The maximum atomic E-state index is 12.3. The van der Waals surface area contributed by atoms with Crippen molar-refractivity contribution in [3.63, 3.8) is 0 Å². The van der Waals surface area contributed by atoms with Crippen molar-refractivity contribution in [3.8, 4) is 0 Å².